The summed E-state index contributed by atoms with van der Waals surface area (Å²) in [6.45, 7) is 4.62. The molecule has 0 saturated carbocycles. The number of carbonyl (C=O) groups excluding carboxylic acids is 1. The van der Waals surface area contributed by atoms with E-state index >= 15 is 0 Å². The summed E-state index contributed by atoms with van der Waals surface area (Å²) in [5, 5.41) is 0. The molecule has 0 spiro atoms. The van der Waals surface area contributed by atoms with Gasteiger partial charge in [-0.05, 0) is 26.0 Å². The predicted octanol–water partition coefficient (Wildman–Crippen LogP) is 2.35. The van der Waals surface area contributed by atoms with Crippen LogP contribution >= 0.6 is 0 Å². The Morgan fingerprint density at radius 3 is 2.88 bits per heavy atom. The van der Waals surface area contributed by atoms with Crippen molar-refractivity contribution < 1.29 is 14.3 Å². The molecule has 16 heavy (non-hydrogen) atoms. The smallest absolute Gasteiger partial charge is 0.349 e. The van der Waals surface area contributed by atoms with Crippen molar-refractivity contribution in [3.63, 3.8) is 0 Å². The molecule has 0 aliphatic heterocycles. The Bertz CT molecular complexity index is 374. The van der Waals surface area contributed by atoms with Gasteiger partial charge in [-0.25, -0.2) is 9.79 Å². The molecule has 0 bridgehead atoms. The van der Waals surface area contributed by atoms with Crippen LogP contribution in [0.4, 0.5) is 5.69 Å². The lowest BCUT2D eigenvalue weighted by atomic mass is 10.3. The molecule has 0 aromatic heterocycles. The molecule has 0 heterocycles. The fraction of sp³-hybridized carbons (Fsp3) is 0.333. The van der Waals surface area contributed by atoms with E-state index in [1.165, 1.54) is 0 Å². The number of carbonyl (C=O) groups is 1. The highest BCUT2D eigenvalue weighted by Gasteiger charge is 1.97. The van der Waals surface area contributed by atoms with Crippen LogP contribution in [0.25, 0.3) is 0 Å². The normalized spacial score (nSPS) is 10.4. The Hall–Kier alpha value is -1.84. The van der Waals surface area contributed by atoms with Gasteiger partial charge in [0, 0.05) is 6.07 Å². The molecule has 0 atom stereocenters. The van der Waals surface area contributed by atoms with Gasteiger partial charge in [0.1, 0.15) is 12.0 Å². The average molecular weight is 221 g/mol. The molecule has 1 rings (SSSR count). The van der Waals surface area contributed by atoms with Gasteiger partial charge in [0.05, 0.1) is 18.9 Å². The average Bonchev–Trinajstić information content (AvgIpc) is 2.28. The van der Waals surface area contributed by atoms with Gasteiger partial charge in [-0.1, -0.05) is 6.07 Å². The Morgan fingerprint density at radius 2 is 2.19 bits per heavy atom. The van der Waals surface area contributed by atoms with Crippen LogP contribution in [0.5, 0.6) is 5.75 Å². The summed E-state index contributed by atoms with van der Waals surface area (Å²) in [5.74, 6) is 0.297. The highest BCUT2D eigenvalue weighted by Crippen LogP contribution is 2.19. The summed E-state index contributed by atoms with van der Waals surface area (Å²) in [6.07, 6.45) is 1.16. The zero-order valence-electron chi connectivity index (χ0n) is 9.47. The molecule has 1 aromatic carbocycles. The van der Waals surface area contributed by atoms with Crippen molar-refractivity contribution in [2.24, 2.45) is 4.99 Å². The first kappa shape index (κ1) is 12.2. The molecule has 4 nitrogen and oxygen atoms in total. The molecular formula is C12H15NO3. The molecule has 0 aliphatic rings. The van der Waals surface area contributed by atoms with Crippen LogP contribution in [-0.4, -0.2) is 25.4 Å². The van der Waals surface area contributed by atoms with E-state index in [-0.39, 0.29) is 0 Å². The molecular weight excluding hydrogens is 206 g/mol. The number of rotatable bonds is 5. The quantitative estimate of drug-likeness (QED) is 0.566. The van der Waals surface area contributed by atoms with Crippen LogP contribution < -0.4 is 4.74 Å². The summed E-state index contributed by atoms with van der Waals surface area (Å²) >= 11 is 0. The Morgan fingerprint density at radius 1 is 1.38 bits per heavy atom. The lowest BCUT2D eigenvalue weighted by molar-refractivity contribution is -0.134. The third-order valence-corrected chi connectivity index (χ3v) is 1.73. The van der Waals surface area contributed by atoms with Gasteiger partial charge in [-0.2, -0.15) is 0 Å². The minimum Gasteiger partial charge on any atom is -0.494 e. The highest BCUT2D eigenvalue weighted by molar-refractivity contribution is 6.23. The van der Waals surface area contributed by atoms with E-state index in [4.69, 9.17) is 9.47 Å². The number of hydrogen-bond donors (Lipinski definition) is 0. The number of ether oxygens (including phenoxy) is 2. The zero-order chi connectivity index (χ0) is 11.8. The van der Waals surface area contributed by atoms with Crippen LogP contribution in [0, 0.1) is 0 Å². The molecule has 0 radical (unpaired) electrons. The minimum atomic E-state index is -0.440. The van der Waals surface area contributed by atoms with Crippen molar-refractivity contribution in [2.45, 2.75) is 13.8 Å². The van der Waals surface area contributed by atoms with Crippen molar-refractivity contribution in [3.05, 3.63) is 24.3 Å². The van der Waals surface area contributed by atoms with Gasteiger partial charge in [0.15, 0.2) is 0 Å². The molecule has 4 heteroatoms. The second-order valence-electron chi connectivity index (χ2n) is 2.94. The Kier molecular flexibility index (Phi) is 5.05. The molecule has 0 fully saturated rings. The SMILES string of the molecule is CCOC(=O)C=Nc1cccc(OCC)c1. The Labute approximate surface area is 94.9 Å². The molecule has 0 saturated heterocycles. The van der Waals surface area contributed by atoms with Crippen LogP contribution in [0.2, 0.25) is 0 Å². The second kappa shape index (κ2) is 6.61. The number of esters is 1. The van der Waals surface area contributed by atoms with Gasteiger partial charge in [-0.3, -0.25) is 0 Å². The van der Waals surface area contributed by atoms with E-state index in [9.17, 15) is 4.79 Å². The van der Waals surface area contributed by atoms with Crippen molar-refractivity contribution in [3.8, 4) is 5.75 Å². The number of benzene rings is 1. The molecule has 0 unspecified atom stereocenters. The van der Waals surface area contributed by atoms with E-state index in [2.05, 4.69) is 4.99 Å². The summed E-state index contributed by atoms with van der Waals surface area (Å²) in [6, 6.07) is 7.22. The van der Waals surface area contributed by atoms with Crippen LogP contribution in [0.15, 0.2) is 29.3 Å². The molecule has 0 amide bonds. The van der Waals surface area contributed by atoms with Gasteiger partial charge < -0.3 is 9.47 Å². The third-order valence-electron chi connectivity index (χ3n) is 1.73. The Balaban J connectivity index is 2.66. The molecule has 1 aromatic rings. The fourth-order valence-electron chi connectivity index (χ4n) is 1.13. The first-order chi connectivity index (χ1) is 7.76. The second-order valence-corrected chi connectivity index (χ2v) is 2.94. The zero-order valence-corrected chi connectivity index (χ0v) is 9.47. The summed E-state index contributed by atoms with van der Waals surface area (Å²) < 4.78 is 10.0. The predicted molar refractivity (Wildman–Crippen MR) is 62.4 cm³/mol. The van der Waals surface area contributed by atoms with Crippen LogP contribution in [0.3, 0.4) is 0 Å². The summed E-state index contributed by atoms with van der Waals surface area (Å²) in [5.41, 5.74) is 0.666. The molecule has 0 N–H and O–H groups in total. The van der Waals surface area contributed by atoms with Crippen molar-refractivity contribution >= 4 is 17.9 Å². The first-order valence-electron chi connectivity index (χ1n) is 5.20. The van der Waals surface area contributed by atoms with E-state index in [0.717, 1.165) is 12.0 Å². The van der Waals surface area contributed by atoms with E-state index in [1.54, 1.807) is 19.1 Å². The maximum atomic E-state index is 11.0. The maximum absolute atomic E-state index is 11.0. The third kappa shape index (κ3) is 4.13. The van der Waals surface area contributed by atoms with E-state index < -0.39 is 5.97 Å². The van der Waals surface area contributed by atoms with Crippen molar-refractivity contribution in [2.75, 3.05) is 13.2 Å². The van der Waals surface area contributed by atoms with Crippen LogP contribution in [-0.2, 0) is 9.53 Å². The largest absolute Gasteiger partial charge is 0.494 e. The monoisotopic (exact) mass is 221 g/mol. The minimum absolute atomic E-state index is 0.351. The number of hydrogen-bond acceptors (Lipinski definition) is 4. The van der Waals surface area contributed by atoms with Gasteiger partial charge in [0.2, 0.25) is 0 Å². The van der Waals surface area contributed by atoms with Gasteiger partial charge in [0.25, 0.3) is 0 Å². The van der Waals surface area contributed by atoms with Crippen LogP contribution in [0.1, 0.15) is 13.8 Å². The topological polar surface area (TPSA) is 47.9 Å². The molecule has 0 aliphatic carbocycles. The summed E-state index contributed by atoms with van der Waals surface area (Å²) in [7, 11) is 0. The summed E-state index contributed by atoms with van der Waals surface area (Å²) in [4.78, 5) is 15.0. The highest BCUT2D eigenvalue weighted by atomic mass is 16.5. The van der Waals surface area contributed by atoms with Gasteiger partial charge in [-0.15, -0.1) is 0 Å². The first-order valence-corrected chi connectivity index (χ1v) is 5.20. The maximum Gasteiger partial charge on any atom is 0.349 e. The van der Waals surface area contributed by atoms with Gasteiger partial charge >= 0.3 is 5.97 Å². The lowest BCUT2D eigenvalue weighted by Crippen LogP contribution is -2.04. The number of aliphatic imine (C=N–C) groups is 1. The fourth-order valence-corrected chi connectivity index (χ4v) is 1.13. The molecule has 86 valence electrons. The number of nitrogens with zero attached hydrogens (tertiary/aromatic N) is 1. The lowest BCUT2D eigenvalue weighted by Gasteiger charge is -2.02. The van der Waals surface area contributed by atoms with Crippen molar-refractivity contribution in [1.29, 1.82) is 0 Å². The van der Waals surface area contributed by atoms with Crippen molar-refractivity contribution in [1.82, 2.24) is 0 Å². The van der Waals surface area contributed by atoms with E-state index in [1.807, 2.05) is 19.1 Å². The standard InChI is InChI=1S/C12H15NO3/c1-3-15-11-7-5-6-10(8-11)13-9-12(14)16-4-2/h5-9H,3-4H2,1-2H3. The van der Waals surface area contributed by atoms with E-state index in [0.29, 0.717) is 18.9 Å².